The molecule has 4 N–H and O–H groups in total. The summed E-state index contributed by atoms with van der Waals surface area (Å²) in [4.78, 5) is 35.7. The molecule has 8 nitrogen and oxygen atoms in total. The highest BCUT2D eigenvalue weighted by molar-refractivity contribution is 6.04. The molecule has 0 aliphatic heterocycles. The van der Waals surface area contributed by atoms with Crippen LogP contribution in [-0.4, -0.2) is 26.7 Å². The number of amides is 2. The van der Waals surface area contributed by atoms with E-state index in [1.165, 1.54) is 24.3 Å². The summed E-state index contributed by atoms with van der Waals surface area (Å²) < 4.78 is 1.04. The van der Waals surface area contributed by atoms with E-state index in [-0.39, 0.29) is 5.69 Å². The van der Waals surface area contributed by atoms with Gasteiger partial charge in [-0.05, 0) is 48.9 Å². The van der Waals surface area contributed by atoms with Gasteiger partial charge in [0.15, 0.2) is 11.4 Å². The number of aryl methyl sites for hydroxylation is 1. The Bertz CT molecular complexity index is 1090. The fourth-order valence-corrected chi connectivity index (χ4v) is 2.46. The molecular weight excluding hydrogens is 348 g/mol. The number of primary amides is 1. The first kappa shape index (κ1) is 17.9. The van der Waals surface area contributed by atoms with Crippen LogP contribution in [0.3, 0.4) is 0 Å². The van der Waals surface area contributed by atoms with Crippen molar-refractivity contribution in [3.63, 3.8) is 0 Å². The van der Waals surface area contributed by atoms with Gasteiger partial charge in [0.05, 0.1) is 5.69 Å². The van der Waals surface area contributed by atoms with E-state index in [1.807, 2.05) is 13.0 Å². The van der Waals surface area contributed by atoms with Crippen LogP contribution in [0.4, 0.5) is 5.69 Å². The van der Waals surface area contributed by atoms with Gasteiger partial charge in [-0.15, -0.1) is 0 Å². The third kappa shape index (κ3) is 3.84. The smallest absolute Gasteiger partial charge is 0.279 e. The molecule has 0 saturated heterocycles. The second-order valence-corrected chi connectivity index (χ2v) is 5.86. The first-order valence-electron chi connectivity index (χ1n) is 7.97. The van der Waals surface area contributed by atoms with Crippen LogP contribution in [0, 0.1) is 6.92 Å². The minimum Gasteiger partial charge on any atom is -0.505 e. The molecule has 0 unspecified atom stereocenters. The number of carbonyl (C=O) groups is 2. The molecule has 0 aliphatic rings. The van der Waals surface area contributed by atoms with E-state index >= 15 is 0 Å². The average molecular weight is 364 g/mol. The number of aromatic hydroxyl groups is 1. The zero-order chi connectivity index (χ0) is 19.6. The van der Waals surface area contributed by atoms with Crippen molar-refractivity contribution in [3.8, 4) is 11.4 Å². The Morgan fingerprint density at radius 3 is 2.44 bits per heavy atom. The predicted molar refractivity (Wildman–Crippen MR) is 99.1 cm³/mol. The lowest BCUT2D eigenvalue weighted by molar-refractivity contribution is 0.0997. The molecule has 0 atom stereocenters. The predicted octanol–water partition coefficient (Wildman–Crippen LogP) is 1.60. The molecule has 2 amide bonds. The van der Waals surface area contributed by atoms with Crippen LogP contribution in [0.5, 0.6) is 5.75 Å². The fraction of sp³-hybridized carbons (Fsp3) is 0.0526. The van der Waals surface area contributed by atoms with Crippen LogP contribution in [0.1, 0.15) is 26.4 Å². The SMILES string of the molecule is Cc1cccc(-n2nc(C(=O)Nc3ccc(C(N)=O)cc3)c(O)cc2=O)c1. The summed E-state index contributed by atoms with van der Waals surface area (Å²) in [5.41, 5.74) is 6.34. The maximum atomic E-state index is 12.5. The summed E-state index contributed by atoms with van der Waals surface area (Å²) in [5, 5.41) is 16.5. The molecule has 2 aromatic carbocycles. The monoisotopic (exact) mass is 364 g/mol. The van der Waals surface area contributed by atoms with Crippen LogP contribution < -0.4 is 16.6 Å². The molecule has 0 bridgehead atoms. The van der Waals surface area contributed by atoms with Gasteiger partial charge in [0.2, 0.25) is 5.91 Å². The van der Waals surface area contributed by atoms with Crippen molar-refractivity contribution < 1.29 is 14.7 Å². The number of nitrogens with two attached hydrogens (primary N) is 1. The highest BCUT2D eigenvalue weighted by Gasteiger charge is 2.17. The van der Waals surface area contributed by atoms with Gasteiger partial charge in [-0.3, -0.25) is 14.4 Å². The second kappa shape index (κ2) is 7.12. The Kier molecular flexibility index (Phi) is 4.71. The molecule has 0 radical (unpaired) electrons. The third-order valence-electron chi connectivity index (χ3n) is 3.80. The number of benzene rings is 2. The summed E-state index contributed by atoms with van der Waals surface area (Å²) in [5.74, 6) is -1.83. The maximum Gasteiger partial charge on any atom is 0.279 e. The normalized spacial score (nSPS) is 10.4. The van der Waals surface area contributed by atoms with Crippen molar-refractivity contribution in [3.05, 3.63) is 81.8 Å². The number of hydrogen-bond acceptors (Lipinski definition) is 5. The fourth-order valence-electron chi connectivity index (χ4n) is 2.46. The molecular formula is C19H16N4O4. The van der Waals surface area contributed by atoms with Gasteiger partial charge in [-0.2, -0.15) is 9.78 Å². The lowest BCUT2D eigenvalue weighted by Crippen LogP contribution is -2.25. The maximum absolute atomic E-state index is 12.5. The van der Waals surface area contributed by atoms with Crippen molar-refractivity contribution in [2.24, 2.45) is 5.73 Å². The van der Waals surface area contributed by atoms with E-state index in [4.69, 9.17) is 5.73 Å². The molecule has 3 aromatic rings. The number of anilines is 1. The highest BCUT2D eigenvalue weighted by Crippen LogP contribution is 2.16. The topological polar surface area (TPSA) is 127 Å². The summed E-state index contributed by atoms with van der Waals surface area (Å²) in [6.45, 7) is 1.86. The van der Waals surface area contributed by atoms with E-state index < -0.39 is 23.1 Å². The molecule has 1 heterocycles. The molecule has 0 fully saturated rings. The molecule has 0 aliphatic carbocycles. The number of carbonyl (C=O) groups excluding carboxylic acids is 2. The van der Waals surface area contributed by atoms with Gasteiger partial charge < -0.3 is 16.2 Å². The third-order valence-corrected chi connectivity index (χ3v) is 3.80. The van der Waals surface area contributed by atoms with Crippen molar-refractivity contribution in [2.75, 3.05) is 5.32 Å². The highest BCUT2D eigenvalue weighted by atomic mass is 16.3. The molecule has 8 heteroatoms. The van der Waals surface area contributed by atoms with Gasteiger partial charge >= 0.3 is 0 Å². The van der Waals surface area contributed by atoms with Crippen LogP contribution in [-0.2, 0) is 0 Å². The zero-order valence-electron chi connectivity index (χ0n) is 14.3. The molecule has 3 rings (SSSR count). The Morgan fingerprint density at radius 1 is 1.11 bits per heavy atom. The van der Waals surface area contributed by atoms with Crippen LogP contribution in [0.2, 0.25) is 0 Å². The Labute approximate surface area is 153 Å². The minimum absolute atomic E-state index is 0.293. The lowest BCUT2D eigenvalue weighted by atomic mass is 10.2. The first-order chi connectivity index (χ1) is 12.8. The summed E-state index contributed by atoms with van der Waals surface area (Å²) in [6, 6.07) is 13.8. The quantitative estimate of drug-likeness (QED) is 0.648. The standard InChI is InChI=1S/C19H16N4O4/c1-11-3-2-4-14(9-11)23-16(25)10-15(24)17(22-23)19(27)21-13-7-5-12(6-8-13)18(20)26/h2-10,24H,1H3,(H2,20,26)(H,21,27). The van der Waals surface area contributed by atoms with Crippen molar-refractivity contribution >= 4 is 17.5 Å². The summed E-state index contributed by atoms with van der Waals surface area (Å²) in [6.07, 6.45) is 0. The van der Waals surface area contributed by atoms with Gasteiger partial charge in [0.25, 0.3) is 11.5 Å². The summed E-state index contributed by atoms with van der Waals surface area (Å²) in [7, 11) is 0. The van der Waals surface area contributed by atoms with Gasteiger partial charge in [0.1, 0.15) is 0 Å². The summed E-state index contributed by atoms with van der Waals surface area (Å²) >= 11 is 0. The number of hydrogen-bond donors (Lipinski definition) is 3. The van der Waals surface area contributed by atoms with Crippen molar-refractivity contribution in [1.29, 1.82) is 0 Å². The van der Waals surface area contributed by atoms with Gasteiger partial charge in [0, 0.05) is 17.3 Å². The van der Waals surface area contributed by atoms with E-state index in [9.17, 15) is 19.5 Å². The van der Waals surface area contributed by atoms with Gasteiger partial charge in [-0.25, -0.2) is 0 Å². The van der Waals surface area contributed by atoms with Crippen LogP contribution in [0.15, 0.2) is 59.4 Å². The second-order valence-electron chi connectivity index (χ2n) is 5.86. The molecule has 0 spiro atoms. The van der Waals surface area contributed by atoms with Gasteiger partial charge in [-0.1, -0.05) is 12.1 Å². The van der Waals surface area contributed by atoms with Crippen molar-refractivity contribution in [1.82, 2.24) is 9.78 Å². The molecule has 136 valence electrons. The largest absolute Gasteiger partial charge is 0.505 e. The number of aromatic nitrogens is 2. The lowest BCUT2D eigenvalue weighted by Gasteiger charge is -2.10. The number of nitrogens with one attached hydrogen (secondary N) is 1. The van der Waals surface area contributed by atoms with E-state index in [2.05, 4.69) is 10.4 Å². The average Bonchev–Trinajstić information content (AvgIpc) is 2.62. The van der Waals surface area contributed by atoms with E-state index in [0.29, 0.717) is 16.9 Å². The Balaban J connectivity index is 1.93. The van der Waals surface area contributed by atoms with Crippen LogP contribution in [0.25, 0.3) is 5.69 Å². The molecule has 27 heavy (non-hydrogen) atoms. The Morgan fingerprint density at radius 2 is 1.81 bits per heavy atom. The van der Waals surface area contributed by atoms with Crippen molar-refractivity contribution in [2.45, 2.75) is 6.92 Å². The van der Waals surface area contributed by atoms with E-state index in [0.717, 1.165) is 16.3 Å². The molecule has 0 saturated carbocycles. The van der Waals surface area contributed by atoms with Crippen LogP contribution >= 0.6 is 0 Å². The molecule has 1 aromatic heterocycles. The van der Waals surface area contributed by atoms with E-state index in [1.54, 1.807) is 18.2 Å². The number of nitrogens with zero attached hydrogens (tertiary/aromatic N) is 2. The first-order valence-corrected chi connectivity index (χ1v) is 7.97. The Hall–Kier alpha value is -3.94. The zero-order valence-corrected chi connectivity index (χ0v) is 14.3. The number of rotatable bonds is 4. The minimum atomic E-state index is -0.708.